The largest absolute Gasteiger partial charge is 0.445 e. The third-order valence-electron chi connectivity index (χ3n) is 5.15. The summed E-state index contributed by atoms with van der Waals surface area (Å²) in [6.45, 7) is 7.26. The van der Waals surface area contributed by atoms with E-state index in [1.807, 2.05) is 37.3 Å². The van der Waals surface area contributed by atoms with Gasteiger partial charge in [-0.05, 0) is 44.7 Å². The lowest BCUT2D eigenvalue weighted by Crippen LogP contribution is -2.30. The Morgan fingerprint density at radius 1 is 1.19 bits per heavy atom. The van der Waals surface area contributed by atoms with Crippen LogP contribution in [0.1, 0.15) is 32.3 Å². The van der Waals surface area contributed by atoms with Gasteiger partial charge < -0.3 is 25.2 Å². The molecule has 1 aromatic carbocycles. The molecule has 1 amide bonds. The fourth-order valence-electron chi connectivity index (χ4n) is 3.25. The summed E-state index contributed by atoms with van der Waals surface area (Å²) in [5, 5.41) is 21.7. The quantitative estimate of drug-likeness (QED) is 0.761. The molecule has 6 heteroatoms. The molecule has 0 saturated carbocycles. The van der Waals surface area contributed by atoms with Crippen molar-refractivity contribution in [1.82, 2.24) is 10.2 Å². The van der Waals surface area contributed by atoms with Crippen LogP contribution in [-0.4, -0.2) is 59.6 Å². The zero-order valence-corrected chi connectivity index (χ0v) is 15.8. The van der Waals surface area contributed by atoms with Crippen LogP contribution in [-0.2, 0) is 11.3 Å². The van der Waals surface area contributed by atoms with Crippen LogP contribution < -0.4 is 5.32 Å². The molecular formula is C20H32N2O4. The van der Waals surface area contributed by atoms with Crippen molar-refractivity contribution < 1.29 is 19.7 Å². The average Bonchev–Trinajstić information content (AvgIpc) is 3.32. The van der Waals surface area contributed by atoms with E-state index in [1.165, 1.54) is 0 Å². The van der Waals surface area contributed by atoms with Crippen LogP contribution in [0.5, 0.6) is 0 Å². The van der Waals surface area contributed by atoms with Crippen LogP contribution in [0, 0.1) is 11.8 Å². The molecular weight excluding hydrogens is 332 g/mol. The van der Waals surface area contributed by atoms with Crippen molar-refractivity contribution in [2.75, 3.05) is 26.2 Å². The SMILES string of the molecule is CC(O)C1CCN(C(=O)OCc2ccccc2)C1.CC(O)C1CCNC1. The van der Waals surface area contributed by atoms with Crippen LogP contribution >= 0.6 is 0 Å². The molecule has 26 heavy (non-hydrogen) atoms. The summed E-state index contributed by atoms with van der Waals surface area (Å²) in [5.74, 6) is 0.685. The van der Waals surface area contributed by atoms with E-state index >= 15 is 0 Å². The predicted octanol–water partition coefficient (Wildman–Crippen LogP) is 2.00. The third-order valence-corrected chi connectivity index (χ3v) is 5.15. The number of likely N-dealkylation sites (tertiary alicyclic amines) is 1. The molecule has 3 rings (SSSR count). The van der Waals surface area contributed by atoms with E-state index in [9.17, 15) is 9.90 Å². The van der Waals surface area contributed by atoms with Gasteiger partial charge in [-0.15, -0.1) is 0 Å². The number of benzene rings is 1. The molecule has 0 bridgehead atoms. The van der Waals surface area contributed by atoms with Crippen molar-refractivity contribution in [3.63, 3.8) is 0 Å². The second-order valence-corrected chi connectivity index (χ2v) is 7.27. The van der Waals surface area contributed by atoms with Gasteiger partial charge in [0.05, 0.1) is 12.2 Å². The van der Waals surface area contributed by atoms with Gasteiger partial charge in [0, 0.05) is 25.6 Å². The van der Waals surface area contributed by atoms with Gasteiger partial charge in [0.15, 0.2) is 0 Å². The summed E-state index contributed by atoms with van der Waals surface area (Å²) in [6, 6.07) is 9.62. The van der Waals surface area contributed by atoms with Crippen molar-refractivity contribution in [2.45, 2.75) is 45.5 Å². The molecule has 6 nitrogen and oxygen atoms in total. The van der Waals surface area contributed by atoms with E-state index in [-0.39, 0.29) is 24.2 Å². The Morgan fingerprint density at radius 2 is 1.88 bits per heavy atom. The zero-order valence-electron chi connectivity index (χ0n) is 15.8. The van der Waals surface area contributed by atoms with Gasteiger partial charge in [-0.2, -0.15) is 0 Å². The lowest BCUT2D eigenvalue weighted by molar-refractivity contribution is 0.0947. The Hall–Kier alpha value is -1.63. The molecule has 146 valence electrons. The van der Waals surface area contributed by atoms with Gasteiger partial charge in [-0.25, -0.2) is 4.79 Å². The second-order valence-electron chi connectivity index (χ2n) is 7.27. The fourth-order valence-corrected chi connectivity index (χ4v) is 3.25. The highest BCUT2D eigenvalue weighted by molar-refractivity contribution is 5.68. The van der Waals surface area contributed by atoms with Gasteiger partial charge in [-0.3, -0.25) is 0 Å². The first-order valence-electron chi connectivity index (χ1n) is 9.50. The maximum absolute atomic E-state index is 11.8. The fraction of sp³-hybridized carbons (Fsp3) is 0.650. The van der Waals surface area contributed by atoms with Crippen molar-refractivity contribution >= 4 is 6.09 Å². The van der Waals surface area contributed by atoms with Crippen LogP contribution in [0.3, 0.4) is 0 Å². The minimum Gasteiger partial charge on any atom is -0.445 e. The maximum atomic E-state index is 11.8. The molecule has 2 fully saturated rings. The Morgan fingerprint density at radius 3 is 2.38 bits per heavy atom. The topological polar surface area (TPSA) is 82.0 Å². The van der Waals surface area contributed by atoms with Crippen molar-refractivity contribution in [1.29, 1.82) is 0 Å². The summed E-state index contributed by atoms with van der Waals surface area (Å²) in [6.07, 6.45) is 1.21. The number of nitrogens with zero attached hydrogens (tertiary/aromatic N) is 1. The van der Waals surface area contributed by atoms with Gasteiger partial charge in [0.1, 0.15) is 6.61 Å². The van der Waals surface area contributed by atoms with E-state index in [1.54, 1.807) is 11.8 Å². The second kappa shape index (κ2) is 10.5. The summed E-state index contributed by atoms with van der Waals surface area (Å²) in [7, 11) is 0. The molecule has 0 spiro atoms. The zero-order chi connectivity index (χ0) is 18.9. The number of hydrogen-bond donors (Lipinski definition) is 3. The van der Waals surface area contributed by atoms with Gasteiger partial charge >= 0.3 is 6.09 Å². The normalized spacial score (nSPS) is 24.5. The molecule has 3 N–H and O–H groups in total. The van der Waals surface area contributed by atoms with Crippen LogP contribution in [0.25, 0.3) is 0 Å². The highest BCUT2D eigenvalue weighted by atomic mass is 16.6. The number of amides is 1. The average molecular weight is 364 g/mol. The third kappa shape index (κ3) is 6.59. The van der Waals surface area contributed by atoms with E-state index in [0.29, 0.717) is 25.6 Å². The summed E-state index contributed by atoms with van der Waals surface area (Å²) < 4.78 is 5.25. The van der Waals surface area contributed by atoms with E-state index < -0.39 is 0 Å². The molecule has 0 aromatic heterocycles. The molecule has 4 unspecified atom stereocenters. The number of aliphatic hydroxyl groups is 2. The molecule has 1 aromatic rings. The lowest BCUT2D eigenvalue weighted by Gasteiger charge is -2.17. The number of aliphatic hydroxyl groups excluding tert-OH is 2. The van der Waals surface area contributed by atoms with E-state index in [2.05, 4.69) is 5.32 Å². The molecule has 2 saturated heterocycles. The Labute approximate surface area is 156 Å². The number of carbonyl (C=O) groups is 1. The van der Waals surface area contributed by atoms with Gasteiger partial charge in [0.2, 0.25) is 0 Å². The smallest absolute Gasteiger partial charge is 0.410 e. The molecule has 2 aliphatic rings. The first-order valence-corrected chi connectivity index (χ1v) is 9.50. The van der Waals surface area contributed by atoms with E-state index in [0.717, 1.165) is 31.5 Å². The highest BCUT2D eigenvalue weighted by Crippen LogP contribution is 2.20. The van der Waals surface area contributed by atoms with Crippen LogP contribution in [0.4, 0.5) is 4.79 Å². The first kappa shape index (κ1) is 20.7. The Kier molecular flexibility index (Phi) is 8.35. The summed E-state index contributed by atoms with van der Waals surface area (Å²) in [4.78, 5) is 13.5. The Balaban J connectivity index is 0.000000254. The maximum Gasteiger partial charge on any atom is 0.410 e. The minimum absolute atomic E-state index is 0.120. The summed E-state index contributed by atoms with van der Waals surface area (Å²) >= 11 is 0. The van der Waals surface area contributed by atoms with Crippen molar-refractivity contribution in [3.05, 3.63) is 35.9 Å². The Bertz CT molecular complexity index is 530. The molecule has 0 radical (unpaired) electrons. The standard InChI is InChI=1S/C14H19NO3.C6H13NO/c1-11(16)13-7-8-15(9-13)14(17)18-10-12-5-3-2-4-6-12;1-5(8)6-2-3-7-4-6/h2-6,11,13,16H,7-10H2,1H3;5-8H,2-4H2,1H3. The van der Waals surface area contributed by atoms with Crippen molar-refractivity contribution in [2.24, 2.45) is 11.8 Å². The predicted molar refractivity (Wildman–Crippen MR) is 101 cm³/mol. The first-order chi connectivity index (χ1) is 12.5. The number of hydrogen-bond acceptors (Lipinski definition) is 5. The number of ether oxygens (including phenoxy) is 1. The van der Waals surface area contributed by atoms with Crippen LogP contribution in [0.15, 0.2) is 30.3 Å². The minimum atomic E-state index is -0.364. The summed E-state index contributed by atoms with van der Waals surface area (Å²) in [5.41, 5.74) is 0.983. The molecule has 0 aliphatic carbocycles. The van der Waals surface area contributed by atoms with E-state index in [4.69, 9.17) is 9.84 Å². The highest BCUT2D eigenvalue weighted by Gasteiger charge is 2.29. The number of nitrogens with one attached hydrogen (secondary N) is 1. The van der Waals surface area contributed by atoms with Gasteiger partial charge in [-0.1, -0.05) is 30.3 Å². The lowest BCUT2D eigenvalue weighted by atomic mass is 10.0. The van der Waals surface area contributed by atoms with Gasteiger partial charge in [0.25, 0.3) is 0 Å². The molecule has 4 atom stereocenters. The molecule has 2 aliphatic heterocycles. The monoisotopic (exact) mass is 364 g/mol. The van der Waals surface area contributed by atoms with Crippen LogP contribution in [0.2, 0.25) is 0 Å². The van der Waals surface area contributed by atoms with Crippen molar-refractivity contribution in [3.8, 4) is 0 Å². The molecule has 2 heterocycles. The number of rotatable bonds is 4. The number of carbonyl (C=O) groups excluding carboxylic acids is 1.